The standard InChI is InChI=1S/C9H8N2O2/c12-11(13)9-5-1-4-8-7(9)3-2-6-10-8/h1-5,10H,6H2. The summed E-state index contributed by atoms with van der Waals surface area (Å²) in [5.41, 5.74) is 1.65. The van der Waals surface area contributed by atoms with Crippen molar-refractivity contribution in [3.63, 3.8) is 0 Å². The van der Waals surface area contributed by atoms with Gasteiger partial charge in [-0.25, -0.2) is 0 Å². The van der Waals surface area contributed by atoms with Crippen molar-refractivity contribution >= 4 is 17.5 Å². The summed E-state index contributed by atoms with van der Waals surface area (Å²) in [5.74, 6) is 0. The summed E-state index contributed by atoms with van der Waals surface area (Å²) in [4.78, 5) is 10.3. The highest BCUT2D eigenvalue weighted by Gasteiger charge is 2.15. The Morgan fingerprint density at radius 3 is 3.08 bits per heavy atom. The number of nitrogens with one attached hydrogen (secondary N) is 1. The molecule has 0 radical (unpaired) electrons. The van der Waals surface area contributed by atoms with Crippen LogP contribution >= 0.6 is 0 Å². The van der Waals surface area contributed by atoms with E-state index in [4.69, 9.17) is 0 Å². The van der Waals surface area contributed by atoms with E-state index >= 15 is 0 Å². The van der Waals surface area contributed by atoms with Crippen LogP contribution in [0.4, 0.5) is 11.4 Å². The highest BCUT2D eigenvalue weighted by atomic mass is 16.6. The monoisotopic (exact) mass is 176 g/mol. The third-order valence-electron chi connectivity index (χ3n) is 1.97. The number of hydrogen-bond acceptors (Lipinski definition) is 3. The van der Waals surface area contributed by atoms with E-state index in [1.165, 1.54) is 6.07 Å². The lowest BCUT2D eigenvalue weighted by Crippen LogP contribution is -2.05. The Morgan fingerprint density at radius 2 is 2.31 bits per heavy atom. The fourth-order valence-corrected chi connectivity index (χ4v) is 1.39. The van der Waals surface area contributed by atoms with Crippen LogP contribution in [-0.4, -0.2) is 11.5 Å². The highest BCUT2D eigenvalue weighted by molar-refractivity contribution is 5.76. The number of anilines is 1. The maximum Gasteiger partial charge on any atom is 0.278 e. The first-order chi connectivity index (χ1) is 6.29. The van der Waals surface area contributed by atoms with Gasteiger partial charge in [0.15, 0.2) is 0 Å². The third kappa shape index (κ3) is 1.26. The first-order valence-corrected chi connectivity index (χ1v) is 3.97. The number of benzene rings is 1. The number of nitro benzene ring substituents is 1. The van der Waals surface area contributed by atoms with Gasteiger partial charge in [0.05, 0.1) is 10.5 Å². The van der Waals surface area contributed by atoms with E-state index < -0.39 is 0 Å². The van der Waals surface area contributed by atoms with E-state index in [9.17, 15) is 10.1 Å². The number of fused-ring (bicyclic) bond motifs is 1. The summed E-state index contributed by atoms with van der Waals surface area (Å²) in [7, 11) is 0. The summed E-state index contributed by atoms with van der Waals surface area (Å²) in [6.45, 7) is 0.730. The number of nitro groups is 1. The Labute approximate surface area is 75.0 Å². The fraction of sp³-hybridized carbons (Fsp3) is 0.111. The Hall–Kier alpha value is -1.84. The van der Waals surface area contributed by atoms with Crippen molar-refractivity contribution in [3.05, 3.63) is 40.0 Å². The average Bonchev–Trinajstić information content (AvgIpc) is 2.17. The van der Waals surface area contributed by atoms with E-state index in [2.05, 4.69) is 5.32 Å². The van der Waals surface area contributed by atoms with Gasteiger partial charge in [-0.2, -0.15) is 0 Å². The van der Waals surface area contributed by atoms with Crippen LogP contribution in [0.2, 0.25) is 0 Å². The molecule has 0 saturated carbocycles. The molecule has 4 nitrogen and oxygen atoms in total. The van der Waals surface area contributed by atoms with Crippen LogP contribution in [0.3, 0.4) is 0 Å². The molecule has 13 heavy (non-hydrogen) atoms. The summed E-state index contributed by atoms with van der Waals surface area (Å²) < 4.78 is 0. The lowest BCUT2D eigenvalue weighted by atomic mass is 10.1. The number of nitrogens with zero attached hydrogens (tertiary/aromatic N) is 1. The van der Waals surface area contributed by atoms with Crippen molar-refractivity contribution in [1.82, 2.24) is 0 Å². The van der Waals surface area contributed by atoms with Crippen molar-refractivity contribution in [2.45, 2.75) is 0 Å². The molecule has 0 bridgehead atoms. The number of rotatable bonds is 1. The lowest BCUT2D eigenvalue weighted by Gasteiger charge is -2.11. The molecule has 0 spiro atoms. The predicted molar refractivity (Wildman–Crippen MR) is 50.6 cm³/mol. The van der Waals surface area contributed by atoms with Gasteiger partial charge < -0.3 is 5.32 Å². The summed E-state index contributed by atoms with van der Waals surface area (Å²) in [6.07, 6.45) is 3.65. The van der Waals surface area contributed by atoms with Crippen LogP contribution in [0.25, 0.3) is 6.08 Å². The Balaban J connectivity index is 2.60. The van der Waals surface area contributed by atoms with Crippen molar-refractivity contribution in [2.75, 3.05) is 11.9 Å². The molecule has 1 aromatic carbocycles. The smallest absolute Gasteiger partial charge is 0.278 e. The SMILES string of the molecule is O=[N+]([O-])c1cccc2c1C=CCN2. The van der Waals surface area contributed by atoms with Gasteiger partial charge in [-0.1, -0.05) is 12.1 Å². The molecule has 0 saturated heterocycles. The van der Waals surface area contributed by atoms with E-state index in [-0.39, 0.29) is 10.6 Å². The summed E-state index contributed by atoms with van der Waals surface area (Å²) in [5, 5.41) is 13.7. The van der Waals surface area contributed by atoms with Crippen LogP contribution in [0.1, 0.15) is 5.56 Å². The second-order valence-corrected chi connectivity index (χ2v) is 2.78. The predicted octanol–water partition coefficient (Wildman–Crippen LogP) is 2.03. The second-order valence-electron chi connectivity index (χ2n) is 2.78. The molecule has 1 aliphatic heterocycles. The summed E-state index contributed by atoms with van der Waals surface area (Å²) in [6, 6.07) is 5.03. The molecule has 1 aliphatic rings. The zero-order valence-electron chi connectivity index (χ0n) is 6.86. The molecule has 0 unspecified atom stereocenters. The van der Waals surface area contributed by atoms with Crippen LogP contribution < -0.4 is 5.32 Å². The fourth-order valence-electron chi connectivity index (χ4n) is 1.39. The molecule has 1 aromatic rings. The Kier molecular flexibility index (Phi) is 1.73. The van der Waals surface area contributed by atoms with Crippen LogP contribution in [-0.2, 0) is 0 Å². The molecule has 0 fully saturated rings. The van der Waals surface area contributed by atoms with Gasteiger partial charge in [0.2, 0.25) is 0 Å². The minimum absolute atomic E-state index is 0.154. The molecule has 2 rings (SSSR count). The van der Waals surface area contributed by atoms with E-state index in [1.54, 1.807) is 12.1 Å². The van der Waals surface area contributed by atoms with Crippen LogP contribution in [0.15, 0.2) is 24.3 Å². The average molecular weight is 176 g/mol. The van der Waals surface area contributed by atoms with Gasteiger partial charge in [-0.15, -0.1) is 0 Å². The lowest BCUT2D eigenvalue weighted by molar-refractivity contribution is -0.385. The molecule has 0 aromatic heterocycles. The molecule has 0 amide bonds. The minimum Gasteiger partial charge on any atom is -0.381 e. The molecular formula is C9H8N2O2. The van der Waals surface area contributed by atoms with Gasteiger partial charge in [-0.3, -0.25) is 10.1 Å². The Bertz CT molecular complexity index is 385. The zero-order chi connectivity index (χ0) is 9.26. The highest BCUT2D eigenvalue weighted by Crippen LogP contribution is 2.29. The molecular weight excluding hydrogens is 168 g/mol. The maximum atomic E-state index is 10.6. The van der Waals surface area contributed by atoms with Crippen molar-refractivity contribution in [2.24, 2.45) is 0 Å². The van der Waals surface area contributed by atoms with Gasteiger partial charge in [0, 0.05) is 18.3 Å². The van der Waals surface area contributed by atoms with Crippen LogP contribution in [0.5, 0.6) is 0 Å². The van der Waals surface area contributed by atoms with Crippen molar-refractivity contribution in [3.8, 4) is 0 Å². The van der Waals surface area contributed by atoms with Crippen molar-refractivity contribution in [1.29, 1.82) is 0 Å². The normalized spacial score (nSPS) is 13.2. The van der Waals surface area contributed by atoms with E-state index in [1.807, 2.05) is 12.1 Å². The second kappa shape index (κ2) is 2.90. The summed E-state index contributed by atoms with van der Waals surface area (Å²) >= 11 is 0. The minimum atomic E-state index is -0.365. The zero-order valence-corrected chi connectivity index (χ0v) is 6.86. The van der Waals surface area contributed by atoms with Gasteiger partial charge in [0.25, 0.3) is 5.69 Å². The largest absolute Gasteiger partial charge is 0.381 e. The van der Waals surface area contributed by atoms with Crippen molar-refractivity contribution < 1.29 is 4.92 Å². The first kappa shape index (κ1) is 7.79. The van der Waals surface area contributed by atoms with E-state index in [0.717, 1.165) is 12.2 Å². The molecule has 66 valence electrons. The van der Waals surface area contributed by atoms with Gasteiger partial charge in [0.1, 0.15) is 0 Å². The molecule has 0 atom stereocenters. The van der Waals surface area contributed by atoms with E-state index in [0.29, 0.717) is 5.56 Å². The van der Waals surface area contributed by atoms with Crippen LogP contribution in [0, 0.1) is 10.1 Å². The quantitative estimate of drug-likeness (QED) is 0.526. The van der Waals surface area contributed by atoms with Gasteiger partial charge in [-0.05, 0) is 12.1 Å². The maximum absolute atomic E-state index is 10.6. The Morgan fingerprint density at radius 1 is 1.46 bits per heavy atom. The molecule has 1 N–H and O–H groups in total. The molecule has 1 heterocycles. The number of hydrogen-bond donors (Lipinski definition) is 1. The third-order valence-corrected chi connectivity index (χ3v) is 1.97. The first-order valence-electron chi connectivity index (χ1n) is 3.97. The van der Waals surface area contributed by atoms with Gasteiger partial charge >= 0.3 is 0 Å². The molecule has 0 aliphatic carbocycles. The molecule has 4 heteroatoms. The topological polar surface area (TPSA) is 55.2 Å².